The first-order valence-electron chi connectivity index (χ1n) is 7.08. The zero-order valence-electron chi connectivity index (χ0n) is 12.7. The van der Waals surface area contributed by atoms with Crippen molar-refractivity contribution in [2.24, 2.45) is 0 Å². The molecule has 0 aromatic heterocycles. The minimum atomic E-state index is -0.578. The minimum absolute atomic E-state index is 0.0502. The van der Waals surface area contributed by atoms with Crippen molar-refractivity contribution in [2.45, 2.75) is 13.5 Å². The second kappa shape index (κ2) is 7.66. The molecular formula is C18H17N3O2. The number of phenolic OH excluding ortho intramolecular Hbond substituents is 1. The molecule has 5 nitrogen and oxygen atoms in total. The highest BCUT2D eigenvalue weighted by molar-refractivity contribution is 6.07. The summed E-state index contributed by atoms with van der Waals surface area (Å²) in [7, 11) is 0. The van der Waals surface area contributed by atoms with Crippen molar-refractivity contribution in [3.8, 4) is 11.8 Å². The molecule has 1 amide bonds. The predicted octanol–water partition coefficient (Wildman–Crippen LogP) is 2.84. The molecule has 0 fully saturated rings. The third-order valence-corrected chi connectivity index (χ3v) is 3.19. The molecule has 0 aliphatic rings. The summed E-state index contributed by atoms with van der Waals surface area (Å²) < 4.78 is 0. The third kappa shape index (κ3) is 4.61. The van der Waals surface area contributed by atoms with Crippen LogP contribution in [0, 0.1) is 18.3 Å². The fourth-order valence-electron chi connectivity index (χ4n) is 1.89. The van der Waals surface area contributed by atoms with Crippen LogP contribution in [-0.2, 0) is 11.3 Å². The van der Waals surface area contributed by atoms with Crippen molar-refractivity contribution in [3.05, 3.63) is 71.4 Å². The Hall–Kier alpha value is -3.26. The van der Waals surface area contributed by atoms with E-state index in [0.29, 0.717) is 6.54 Å². The molecule has 0 unspecified atom stereocenters. The van der Waals surface area contributed by atoms with E-state index in [0.717, 1.165) is 5.56 Å². The van der Waals surface area contributed by atoms with Crippen molar-refractivity contribution in [3.63, 3.8) is 0 Å². The number of phenols is 1. The highest BCUT2D eigenvalue weighted by Crippen LogP contribution is 2.21. The van der Waals surface area contributed by atoms with Crippen LogP contribution in [0.4, 0.5) is 5.69 Å². The molecule has 5 heteroatoms. The van der Waals surface area contributed by atoms with Crippen LogP contribution in [0.25, 0.3) is 0 Å². The lowest BCUT2D eigenvalue weighted by molar-refractivity contribution is -0.112. The number of nitrogens with zero attached hydrogens (tertiary/aromatic N) is 1. The van der Waals surface area contributed by atoms with E-state index in [1.807, 2.05) is 37.3 Å². The average Bonchev–Trinajstić information content (AvgIpc) is 2.55. The molecule has 2 aromatic carbocycles. The molecule has 0 aliphatic heterocycles. The van der Waals surface area contributed by atoms with E-state index in [1.165, 1.54) is 17.8 Å². The quantitative estimate of drug-likeness (QED) is 0.450. The fourth-order valence-corrected chi connectivity index (χ4v) is 1.89. The van der Waals surface area contributed by atoms with Gasteiger partial charge in [0.25, 0.3) is 5.91 Å². The summed E-state index contributed by atoms with van der Waals surface area (Å²) in [6.45, 7) is 2.52. The summed E-state index contributed by atoms with van der Waals surface area (Å²) in [4.78, 5) is 12.0. The van der Waals surface area contributed by atoms with Gasteiger partial charge < -0.3 is 15.7 Å². The Morgan fingerprint density at radius 3 is 2.57 bits per heavy atom. The molecule has 0 atom stereocenters. The number of rotatable bonds is 5. The molecule has 0 heterocycles. The molecule has 0 saturated heterocycles. The van der Waals surface area contributed by atoms with Gasteiger partial charge in [0.1, 0.15) is 17.4 Å². The Kier molecular flexibility index (Phi) is 5.37. The summed E-state index contributed by atoms with van der Waals surface area (Å²) in [6, 6.07) is 16.1. The smallest absolute Gasteiger partial charge is 0.267 e. The van der Waals surface area contributed by atoms with Gasteiger partial charge in [0.05, 0.1) is 5.69 Å². The second-order valence-electron chi connectivity index (χ2n) is 5.01. The van der Waals surface area contributed by atoms with Crippen LogP contribution < -0.4 is 10.6 Å². The molecule has 0 bridgehead atoms. The Morgan fingerprint density at radius 2 is 1.91 bits per heavy atom. The number of nitriles is 1. The Labute approximate surface area is 134 Å². The number of para-hydroxylation sites is 2. The molecular weight excluding hydrogens is 290 g/mol. The lowest BCUT2D eigenvalue weighted by Crippen LogP contribution is -2.16. The van der Waals surface area contributed by atoms with Gasteiger partial charge in [0.2, 0.25) is 0 Å². The molecule has 116 valence electrons. The van der Waals surface area contributed by atoms with E-state index in [4.69, 9.17) is 5.26 Å². The van der Waals surface area contributed by atoms with Crippen molar-refractivity contribution < 1.29 is 9.90 Å². The summed E-state index contributed by atoms with van der Waals surface area (Å²) in [5.41, 5.74) is 2.41. The van der Waals surface area contributed by atoms with E-state index >= 15 is 0 Å². The molecule has 0 radical (unpaired) electrons. The van der Waals surface area contributed by atoms with Crippen LogP contribution >= 0.6 is 0 Å². The zero-order valence-corrected chi connectivity index (χ0v) is 12.7. The van der Waals surface area contributed by atoms with Crippen LogP contribution in [0.1, 0.15) is 11.1 Å². The number of carbonyl (C=O) groups is 1. The number of amides is 1. The van der Waals surface area contributed by atoms with Crippen LogP contribution in [0.3, 0.4) is 0 Å². The highest BCUT2D eigenvalue weighted by Gasteiger charge is 2.10. The summed E-state index contributed by atoms with van der Waals surface area (Å²) in [6.07, 6.45) is 1.37. The highest BCUT2D eigenvalue weighted by atomic mass is 16.3. The van der Waals surface area contributed by atoms with E-state index in [2.05, 4.69) is 10.6 Å². The summed E-state index contributed by atoms with van der Waals surface area (Å²) >= 11 is 0. The van der Waals surface area contributed by atoms with E-state index in [1.54, 1.807) is 18.2 Å². The molecule has 0 saturated carbocycles. The number of nitrogens with one attached hydrogen (secondary N) is 2. The number of aryl methyl sites for hydroxylation is 1. The molecule has 2 aromatic rings. The number of hydrogen-bond donors (Lipinski definition) is 3. The average molecular weight is 307 g/mol. The van der Waals surface area contributed by atoms with Crippen LogP contribution in [-0.4, -0.2) is 11.0 Å². The number of hydrogen-bond acceptors (Lipinski definition) is 4. The van der Waals surface area contributed by atoms with Gasteiger partial charge in [0.15, 0.2) is 0 Å². The monoisotopic (exact) mass is 307 g/mol. The zero-order chi connectivity index (χ0) is 16.7. The minimum Gasteiger partial charge on any atom is -0.506 e. The van der Waals surface area contributed by atoms with Gasteiger partial charge in [-0.3, -0.25) is 4.79 Å². The normalized spacial score (nSPS) is 10.7. The van der Waals surface area contributed by atoms with Gasteiger partial charge in [-0.25, -0.2) is 0 Å². The number of aromatic hydroxyl groups is 1. The lowest BCUT2D eigenvalue weighted by Gasteiger charge is -2.07. The van der Waals surface area contributed by atoms with Gasteiger partial charge in [-0.05, 0) is 24.6 Å². The maximum absolute atomic E-state index is 12.0. The third-order valence-electron chi connectivity index (χ3n) is 3.19. The van der Waals surface area contributed by atoms with Crippen LogP contribution in [0.5, 0.6) is 5.75 Å². The Morgan fingerprint density at radius 1 is 1.22 bits per heavy atom. The van der Waals surface area contributed by atoms with Gasteiger partial charge in [-0.15, -0.1) is 0 Å². The van der Waals surface area contributed by atoms with Crippen molar-refractivity contribution in [2.75, 3.05) is 5.32 Å². The molecule has 23 heavy (non-hydrogen) atoms. The Bertz CT molecular complexity index is 759. The molecule has 0 aliphatic carbocycles. The van der Waals surface area contributed by atoms with E-state index < -0.39 is 5.91 Å². The number of carbonyl (C=O) groups excluding carboxylic acids is 1. The molecule has 2 rings (SSSR count). The lowest BCUT2D eigenvalue weighted by atomic mass is 10.1. The van der Waals surface area contributed by atoms with Crippen LogP contribution in [0.2, 0.25) is 0 Å². The Balaban J connectivity index is 1.98. The predicted molar refractivity (Wildman–Crippen MR) is 88.5 cm³/mol. The summed E-state index contributed by atoms with van der Waals surface area (Å²) in [5.74, 6) is -0.629. The van der Waals surface area contributed by atoms with Gasteiger partial charge in [-0.1, -0.05) is 42.0 Å². The first-order chi connectivity index (χ1) is 11.1. The topological polar surface area (TPSA) is 85.2 Å². The van der Waals surface area contributed by atoms with Crippen molar-refractivity contribution in [1.82, 2.24) is 5.32 Å². The SMILES string of the molecule is Cc1ccc(CN/C=C(/C#N)C(=O)Nc2ccccc2O)cc1. The van der Waals surface area contributed by atoms with Crippen LogP contribution in [0.15, 0.2) is 60.3 Å². The first kappa shape index (κ1) is 16.1. The van der Waals surface area contributed by atoms with Gasteiger partial charge in [0, 0.05) is 12.7 Å². The van der Waals surface area contributed by atoms with Crippen molar-refractivity contribution in [1.29, 1.82) is 5.26 Å². The largest absolute Gasteiger partial charge is 0.506 e. The van der Waals surface area contributed by atoms with E-state index in [-0.39, 0.29) is 17.0 Å². The molecule has 0 spiro atoms. The summed E-state index contributed by atoms with van der Waals surface area (Å²) in [5, 5.41) is 24.2. The number of benzene rings is 2. The fraction of sp³-hybridized carbons (Fsp3) is 0.111. The molecule has 3 N–H and O–H groups in total. The standard InChI is InChI=1S/C18H17N3O2/c1-13-6-8-14(9-7-13)11-20-12-15(10-19)18(23)21-16-4-2-3-5-17(16)22/h2-9,12,20,22H,11H2,1H3,(H,21,23)/b15-12-. The number of anilines is 1. The van der Waals surface area contributed by atoms with Gasteiger partial charge in [-0.2, -0.15) is 5.26 Å². The first-order valence-corrected chi connectivity index (χ1v) is 7.08. The maximum atomic E-state index is 12.0. The van der Waals surface area contributed by atoms with Gasteiger partial charge >= 0.3 is 0 Å². The second-order valence-corrected chi connectivity index (χ2v) is 5.01. The maximum Gasteiger partial charge on any atom is 0.267 e. The van der Waals surface area contributed by atoms with Crippen molar-refractivity contribution >= 4 is 11.6 Å². The van der Waals surface area contributed by atoms with E-state index in [9.17, 15) is 9.90 Å².